The van der Waals surface area contributed by atoms with E-state index >= 15 is 0 Å². The predicted molar refractivity (Wildman–Crippen MR) is 103 cm³/mol. The van der Waals surface area contributed by atoms with E-state index in [1.165, 1.54) is 0 Å². The first-order valence-corrected chi connectivity index (χ1v) is 12.9. The number of ether oxygens (including phenoxy) is 6. The van der Waals surface area contributed by atoms with Gasteiger partial charge < -0.3 is 0 Å². The van der Waals surface area contributed by atoms with Crippen molar-refractivity contribution in [2.24, 2.45) is 5.73 Å². The number of hydrogen-bond donors (Lipinski definition) is 1. The van der Waals surface area contributed by atoms with Gasteiger partial charge in [-0.3, -0.25) is 0 Å². The second-order valence-corrected chi connectivity index (χ2v) is 10.5. The van der Waals surface area contributed by atoms with Crippen LogP contribution in [0.2, 0.25) is 4.73 Å². The zero-order valence-electron chi connectivity index (χ0n) is 19.3. The van der Waals surface area contributed by atoms with Gasteiger partial charge in [0.05, 0.1) is 0 Å². The zero-order chi connectivity index (χ0) is 22.4. The normalized spacial score (nSPS) is 20.5. The Morgan fingerprint density at radius 3 is 1.14 bits per heavy atom. The summed E-state index contributed by atoms with van der Waals surface area (Å²) < 4.78 is 51.7. The fourth-order valence-corrected chi connectivity index (χ4v) is 6.83. The summed E-state index contributed by atoms with van der Waals surface area (Å²) in [6.45, 7) is 11.1. The van der Waals surface area contributed by atoms with Crippen LogP contribution in [0.25, 0.3) is 0 Å². The van der Waals surface area contributed by atoms with Gasteiger partial charge in [-0.15, -0.1) is 0 Å². The molecule has 0 aromatic rings. The summed E-state index contributed by atoms with van der Waals surface area (Å²) in [4.78, 5) is 0. The Hall–Kier alpha value is 0.314. The molecule has 0 aliphatic heterocycles. The monoisotopic (exact) mass is 463 g/mol. The van der Waals surface area contributed by atoms with Crippen LogP contribution < -0.4 is 5.73 Å². The molecule has 0 amide bonds. The molecule has 0 heterocycles. The first-order valence-electron chi connectivity index (χ1n) is 9.89. The Labute approximate surface area is 180 Å². The van der Waals surface area contributed by atoms with Gasteiger partial charge >= 0.3 is 180 Å². The summed E-state index contributed by atoms with van der Waals surface area (Å²) in [6.07, 6.45) is -2.63. The Kier molecular flexibility index (Phi) is 16.2. The number of hydrogen-bond acceptors (Lipinski definition) is 10. The van der Waals surface area contributed by atoms with Gasteiger partial charge in [-0.2, -0.15) is 0 Å². The molecule has 0 fully saturated rings. The molecule has 11 heteroatoms. The summed E-state index contributed by atoms with van der Waals surface area (Å²) in [5.74, 6) is 0. The Morgan fingerprint density at radius 1 is 0.586 bits per heavy atom. The molecule has 0 aromatic heterocycles. The first-order chi connectivity index (χ1) is 13.6. The molecule has 6 atom stereocenters. The average Bonchev–Trinajstić information content (AvgIpc) is 2.65. The van der Waals surface area contributed by atoms with E-state index in [0.717, 1.165) is 0 Å². The third kappa shape index (κ3) is 13.4. The van der Waals surface area contributed by atoms with Crippen LogP contribution in [-0.4, -0.2) is 65.6 Å². The van der Waals surface area contributed by atoms with Gasteiger partial charge in [0, 0.05) is 0 Å². The van der Waals surface area contributed by atoms with Crippen LogP contribution in [-0.2, 0) is 56.1 Å². The second-order valence-electron chi connectivity index (χ2n) is 6.45. The van der Waals surface area contributed by atoms with E-state index in [4.69, 9.17) is 44.1 Å². The van der Waals surface area contributed by atoms with Crippen molar-refractivity contribution in [2.45, 2.75) is 90.4 Å². The fraction of sp³-hybridized carbons (Fsp3) is 1.00. The SMILES string of the molecule is COC(C)OC(C)[O][Ti]([CH2]CCN)([O]C(C)OC(C)OC)[O]C(C)OC(C)OC. The van der Waals surface area contributed by atoms with Crippen LogP contribution in [0.15, 0.2) is 0 Å². The molecule has 176 valence electrons. The fourth-order valence-electron chi connectivity index (χ4n) is 2.40. The molecule has 0 saturated carbocycles. The molecule has 0 rings (SSSR count). The standard InChI is InChI=1S/3C5H11O3.C3H8N.Ti/c3*1-4(6)8-5(2)7-3;1-2-3-4;/h3*4-5H,1-3H3;1-4H2;/q3*-1;;+3. The van der Waals surface area contributed by atoms with Gasteiger partial charge in [0.1, 0.15) is 0 Å². The molecule has 0 bridgehead atoms. The van der Waals surface area contributed by atoms with Gasteiger partial charge in [0.25, 0.3) is 0 Å². The Balaban J connectivity index is 5.49. The Bertz CT molecular complexity index is 357. The van der Waals surface area contributed by atoms with Gasteiger partial charge in [0.2, 0.25) is 0 Å². The minimum absolute atomic E-state index is 0.455. The topological polar surface area (TPSA) is 109 Å². The summed E-state index contributed by atoms with van der Waals surface area (Å²) in [5.41, 5.74) is 5.74. The van der Waals surface area contributed by atoms with Crippen molar-refractivity contribution in [3.63, 3.8) is 0 Å². The van der Waals surface area contributed by atoms with E-state index in [1.807, 2.05) is 0 Å². The molecule has 0 spiro atoms. The third-order valence-electron chi connectivity index (χ3n) is 3.87. The summed E-state index contributed by atoms with van der Waals surface area (Å²) in [6, 6.07) is 0. The van der Waals surface area contributed by atoms with Crippen molar-refractivity contribution in [3.8, 4) is 0 Å². The van der Waals surface area contributed by atoms with E-state index in [-0.39, 0.29) is 0 Å². The van der Waals surface area contributed by atoms with Gasteiger partial charge in [-0.05, 0) is 0 Å². The molecule has 6 unspecified atom stereocenters. The van der Waals surface area contributed by atoms with Crippen LogP contribution in [0.5, 0.6) is 0 Å². The van der Waals surface area contributed by atoms with Crippen LogP contribution in [0, 0.1) is 0 Å². The van der Waals surface area contributed by atoms with E-state index in [0.29, 0.717) is 17.7 Å². The Morgan fingerprint density at radius 2 is 0.897 bits per heavy atom. The number of rotatable bonds is 18. The molecule has 0 saturated heterocycles. The second kappa shape index (κ2) is 16.0. The van der Waals surface area contributed by atoms with Gasteiger partial charge in [-0.25, -0.2) is 0 Å². The molecule has 29 heavy (non-hydrogen) atoms. The van der Waals surface area contributed by atoms with E-state index in [2.05, 4.69) is 0 Å². The maximum atomic E-state index is 6.23. The quantitative estimate of drug-likeness (QED) is 0.241. The molecule has 10 nitrogen and oxygen atoms in total. The first kappa shape index (κ1) is 29.3. The minimum atomic E-state index is -4.00. The van der Waals surface area contributed by atoms with E-state index < -0.39 is 55.5 Å². The van der Waals surface area contributed by atoms with Crippen molar-refractivity contribution in [2.75, 3.05) is 27.9 Å². The van der Waals surface area contributed by atoms with E-state index in [9.17, 15) is 0 Å². The van der Waals surface area contributed by atoms with Crippen molar-refractivity contribution in [1.82, 2.24) is 0 Å². The molecule has 0 aromatic carbocycles. The number of nitrogens with two attached hydrogens (primary N) is 1. The van der Waals surface area contributed by atoms with Crippen LogP contribution in [0.1, 0.15) is 48.0 Å². The number of methoxy groups -OCH3 is 3. The van der Waals surface area contributed by atoms with Crippen molar-refractivity contribution in [1.29, 1.82) is 0 Å². The third-order valence-corrected chi connectivity index (χ3v) is 8.61. The van der Waals surface area contributed by atoms with Gasteiger partial charge in [0.15, 0.2) is 0 Å². The van der Waals surface area contributed by atoms with Crippen LogP contribution in [0.4, 0.5) is 0 Å². The molecule has 0 aliphatic carbocycles. The summed E-state index contributed by atoms with van der Waals surface area (Å²) in [7, 11) is 4.66. The van der Waals surface area contributed by atoms with E-state index in [1.54, 1.807) is 62.9 Å². The zero-order valence-corrected chi connectivity index (χ0v) is 20.9. The van der Waals surface area contributed by atoms with Crippen molar-refractivity contribution < 1.29 is 56.1 Å². The molecule has 2 N–H and O–H groups in total. The molecule has 0 radical (unpaired) electrons. The summed E-state index contributed by atoms with van der Waals surface area (Å²) in [5, 5.41) is 0. The summed E-state index contributed by atoms with van der Waals surface area (Å²) >= 11 is -4.00. The van der Waals surface area contributed by atoms with Gasteiger partial charge in [-0.1, -0.05) is 0 Å². The van der Waals surface area contributed by atoms with Crippen LogP contribution >= 0.6 is 0 Å². The maximum absolute atomic E-state index is 6.23. The predicted octanol–water partition coefficient (Wildman–Crippen LogP) is 2.77. The molecular weight excluding hydrogens is 422 g/mol. The van der Waals surface area contributed by atoms with Crippen molar-refractivity contribution >= 4 is 0 Å². The molecule has 0 aliphatic rings. The van der Waals surface area contributed by atoms with Crippen molar-refractivity contribution in [3.05, 3.63) is 0 Å². The molecular formula is C18H41NO9Ti. The average molecular weight is 463 g/mol. The van der Waals surface area contributed by atoms with Crippen LogP contribution in [0.3, 0.4) is 0 Å².